The van der Waals surface area contributed by atoms with E-state index in [1.165, 1.54) is 70.2 Å². The van der Waals surface area contributed by atoms with Crippen LogP contribution >= 0.6 is 0 Å². The third-order valence-corrected chi connectivity index (χ3v) is 4.74. The Morgan fingerprint density at radius 2 is 1.76 bits per heavy atom. The average Bonchev–Trinajstić information content (AvgIpc) is 2.46. The molecule has 0 radical (unpaired) electrons. The summed E-state index contributed by atoms with van der Waals surface area (Å²) in [6.45, 7) is 7.14. The van der Waals surface area contributed by atoms with E-state index in [4.69, 9.17) is 5.10 Å². The van der Waals surface area contributed by atoms with Crippen LogP contribution in [0.5, 0.6) is 0 Å². The van der Waals surface area contributed by atoms with Gasteiger partial charge in [0.2, 0.25) is 0 Å². The first-order valence-electron chi connectivity index (χ1n) is 8.85. The Balaban J connectivity index is 2.10. The summed E-state index contributed by atoms with van der Waals surface area (Å²) in [5.74, 6) is 0. The molecule has 0 aromatic rings. The quantitative estimate of drug-likeness (QED) is 0.687. The van der Waals surface area contributed by atoms with E-state index in [0.717, 1.165) is 6.04 Å². The monoisotopic (exact) mass is 291 g/mol. The van der Waals surface area contributed by atoms with Crippen LogP contribution in [0.4, 0.5) is 0 Å². The standard InChI is InChI=1S/C18H33N3/c1-5-12-21(13-6-2)16-10-11-17-15(14-16)8-7-9-18(17)19-20(3)4/h16H,5-14H2,1-4H3. The predicted octanol–water partition coefficient (Wildman–Crippen LogP) is 4.06. The van der Waals surface area contributed by atoms with E-state index in [9.17, 15) is 0 Å². The molecule has 120 valence electrons. The van der Waals surface area contributed by atoms with Crippen molar-refractivity contribution in [2.24, 2.45) is 5.10 Å². The van der Waals surface area contributed by atoms with Crippen LogP contribution in [-0.4, -0.2) is 48.8 Å². The van der Waals surface area contributed by atoms with Crippen LogP contribution in [0.2, 0.25) is 0 Å². The molecule has 21 heavy (non-hydrogen) atoms. The first-order chi connectivity index (χ1) is 10.2. The van der Waals surface area contributed by atoms with Gasteiger partial charge in [0, 0.05) is 20.1 Å². The lowest BCUT2D eigenvalue weighted by Gasteiger charge is -2.38. The Bertz CT molecular complexity index is 389. The first-order valence-corrected chi connectivity index (χ1v) is 8.85. The lowest BCUT2D eigenvalue weighted by Crippen LogP contribution is -2.39. The average molecular weight is 291 g/mol. The molecule has 0 saturated carbocycles. The fourth-order valence-electron chi connectivity index (χ4n) is 3.93. The van der Waals surface area contributed by atoms with Crippen molar-refractivity contribution in [2.75, 3.05) is 27.2 Å². The second-order valence-electron chi connectivity index (χ2n) is 6.76. The summed E-state index contributed by atoms with van der Waals surface area (Å²) in [7, 11) is 4.08. The van der Waals surface area contributed by atoms with E-state index in [0.29, 0.717) is 0 Å². The molecule has 0 fully saturated rings. The molecule has 2 aliphatic carbocycles. The van der Waals surface area contributed by atoms with Crippen molar-refractivity contribution in [1.29, 1.82) is 0 Å². The minimum atomic E-state index is 0.780. The maximum Gasteiger partial charge on any atom is 0.0636 e. The number of hydrogen-bond acceptors (Lipinski definition) is 3. The van der Waals surface area contributed by atoms with Crippen molar-refractivity contribution in [3.05, 3.63) is 11.1 Å². The number of allylic oxidation sites excluding steroid dienone is 1. The summed E-state index contributed by atoms with van der Waals surface area (Å²) in [4.78, 5) is 2.74. The van der Waals surface area contributed by atoms with Gasteiger partial charge in [-0.2, -0.15) is 5.10 Å². The second-order valence-corrected chi connectivity index (χ2v) is 6.76. The Kier molecular flexibility index (Phi) is 6.28. The molecule has 3 heteroatoms. The van der Waals surface area contributed by atoms with Gasteiger partial charge in [-0.15, -0.1) is 0 Å². The highest BCUT2D eigenvalue weighted by Gasteiger charge is 2.29. The largest absolute Gasteiger partial charge is 0.303 e. The minimum Gasteiger partial charge on any atom is -0.303 e. The lowest BCUT2D eigenvalue weighted by atomic mass is 9.78. The van der Waals surface area contributed by atoms with Gasteiger partial charge in [-0.05, 0) is 70.0 Å². The molecule has 0 aliphatic heterocycles. The van der Waals surface area contributed by atoms with Crippen LogP contribution in [-0.2, 0) is 0 Å². The Morgan fingerprint density at radius 1 is 1.05 bits per heavy atom. The zero-order chi connectivity index (χ0) is 15.2. The summed E-state index contributed by atoms with van der Waals surface area (Å²) in [5.41, 5.74) is 4.70. The molecule has 1 unspecified atom stereocenters. The maximum absolute atomic E-state index is 4.74. The van der Waals surface area contributed by atoms with Crippen molar-refractivity contribution in [1.82, 2.24) is 9.91 Å². The van der Waals surface area contributed by atoms with Crippen molar-refractivity contribution in [3.8, 4) is 0 Å². The van der Waals surface area contributed by atoms with Gasteiger partial charge in [0.15, 0.2) is 0 Å². The van der Waals surface area contributed by atoms with Crippen LogP contribution in [0, 0.1) is 0 Å². The van der Waals surface area contributed by atoms with Crippen molar-refractivity contribution in [2.45, 2.75) is 71.3 Å². The summed E-state index contributed by atoms with van der Waals surface area (Å²) in [5, 5.41) is 6.71. The molecular weight excluding hydrogens is 258 g/mol. The van der Waals surface area contributed by atoms with Gasteiger partial charge in [-0.25, -0.2) is 0 Å². The van der Waals surface area contributed by atoms with E-state index in [-0.39, 0.29) is 0 Å². The van der Waals surface area contributed by atoms with Crippen molar-refractivity contribution in [3.63, 3.8) is 0 Å². The Hall–Kier alpha value is -0.830. The molecule has 0 heterocycles. The zero-order valence-electron chi connectivity index (χ0n) is 14.5. The van der Waals surface area contributed by atoms with Gasteiger partial charge in [-0.3, -0.25) is 0 Å². The van der Waals surface area contributed by atoms with Gasteiger partial charge in [0.05, 0.1) is 5.71 Å². The predicted molar refractivity (Wildman–Crippen MR) is 91.8 cm³/mol. The molecule has 2 aliphatic rings. The normalized spacial score (nSPS) is 24.6. The van der Waals surface area contributed by atoms with Crippen LogP contribution < -0.4 is 0 Å². The molecule has 0 amide bonds. The third-order valence-electron chi connectivity index (χ3n) is 4.74. The highest BCUT2D eigenvalue weighted by atomic mass is 15.4. The molecule has 0 bridgehead atoms. The molecule has 0 N–H and O–H groups in total. The van der Waals surface area contributed by atoms with Crippen LogP contribution in [0.3, 0.4) is 0 Å². The maximum atomic E-state index is 4.74. The molecule has 0 aromatic heterocycles. The second kappa shape index (κ2) is 7.98. The van der Waals surface area contributed by atoms with Crippen LogP contribution in [0.15, 0.2) is 16.2 Å². The van der Waals surface area contributed by atoms with E-state index >= 15 is 0 Å². The van der Waals surface area contributed by atoms with Crippen LogP contribution in [0.1, 0.15) is 65.2 Å². The molecule has 0 aromatic carbocycles. The number of nitrogens with zero attached hydrogens (tertiary/aromatic N) is 3. The molecule has 0 spiro atoms. The molecule has 3 nitrogen and oxygen atoms in total. The van der Waals surface area contributed by atoms with E-state index in [1.807, 2.05) is 19.1 Å². The van der Waals surface area contributed by atoms with Crippen molar-refractivity contribution < 1.29 is 0 Å². The summed E-state index contributed by atoms with van der Waals surface area (Å²) in [6.07, 6.45) is 10.2. The Labute approximate surface area is 131 Å². The zero-order valence-corrected chi connectivity index (χ0v) is 14.5. The van der Waals surface area contributed by atoms with Gasteiger partial charge >= 0.3 is 0 Å². The molecule has 2 rings (SSSR count). The number of rotatable bonds is 6. The lowest BCUT2D eigenvalue weighted by molar-refractivity contribution is 0.179. The molecule has 0 saturated heterocycles. The third kappa shape index (κ3) is 4.32. The minimum absolute atomic E-state index is 0.780. The van der Waals surface area contributed by atoms with Gasteiger partial charge in [-0.1, -0.05) is 19.4 Å². The highest BCUT2D eigenvalue weighted by molar-refractivity contribution is 6.01. The van der Waals surface area contributed by atoms with Gasteiger partial charge < -0.3 is 9.91 Å². The number of hydrogen-bond donors (Lipinski definition) is 0. The first kappa shape index (κ1) is 16.5. The fourth-order valence-corrected chi connectivity index (χ4v) is 3.93. The van der Waals surface area contributed by atoms with Crippen LogP contribution in [0.25, 0.3) is 0 Å². The smallest absolute Gasteiger partial charge is 0.0636 e. The van der Waals surface area contributed by atoms with E-state index in [2.05, 4.69) is 18.7 Å². The highest BCUT2D eigenvalue weighted by Crippen LogP contribution is 2.36. The molecular formula is C18H33N3. The number of hydrazone groups is 1. The van der Waals surface area contributed by atoms with Gasteiger partial charge in [0.1, 0.15) is 0 Å². The fraction of sp³-hybridized carbons (Fsp3) is 0.833. The van der Waals surface area contributed by atoms with Gasteiger partial charge in [0.25, 0.3) is 0 Å². The SMILES string of the molecule is CCCN(CCC)C1CCC2=C(CCCC2=NN(C)C)C1. The van der Waals surface area contributed by atoms with E-state index in [1.54, 1.807) is 11.1 Å². The summed E-state index contributed by atoms with van der Waals surface area (Å²) in [6, 6.07) is 0.780. The summed E-state index contributed by atoms with van der Waals surface area (Å²) < 4.78 is 0. The van der Waals surface area contributed by atoms with E-state index < -0.39 is 0 Å². The van der Waals surface area contributed by atoms with Crippen molar-refractivity contribution >= 4 is 5.71 Å². The Morgan fingerprint density at radius 3 is 2.38 bits per heavy atom. The molecule has 1 atom stereocenters. The topological polar surface area (TPSA) is 18.8 Å². The summed E-state index contributed by atoms with van der Waals surface area (Å²) >= 11 is 0.